The Labute approximate surface area is 114 Å². The maximum absolute atomic E-state index is 12.6. The van der Waals surface area contributed by atoms with Gasteiger partial charge in [0.05, 0.1) is 6.61 Å². The van der Waals surface area contributed by atoms with Crippen LogP contribution in [0, 0.1) is 13.8 Å². The monoisotopic (exact) mass is 262 g/mol. The number of carbonyl (C=O) groups is 1. The molecule has 1 heterocycles. The predicted octanol–water partition coefficient (Wildman–Crippen LogP) is 1.33. The molecular formula is C15H22N2O2. The Morgan fingerprint density at radius 3 is 2.74 bits per heavy atom. The third-order valence-electron chi connectivity index (χ3n) is 4.02. The highest BCUT2D eigenvalue weighted by molar-refractivity contribution is 5.98. The van der Waals surface area contributed by atoms with Crippen molar-refractivity contribution in [3.8, 4) is 0 Å². The summed E-state index contributed by atoms with van der Waals surface area (Å²) in [5.41, 5.74) is 3.29. The van der Waals surface area contributed by atoms with Crippen LogP contribution in [-0.2, 0) is 4.79 Å². The van der Waals surface area contributed by atoms with Crippen LogP contribution in [0.3, 0.4) is 0 Å². The molecule has 0 radical (unpaired) electrons. The van der Waals surface area contributed by atoms with Gasteiger partial charge in [-0.25, -0.2) is 0 Å². The van der Waals surface area contributed by atoms with Crippen LogP contribution in [0.4, 0.5) is 5.69 Å². The van der Waals surface area contributed by atoms with E-state index in [1.807, 2.05) is 35.9 Å². The van der Waals surface area contributed by atoms with Gasteiger partial charge in [0, 0.05) is 18.8 Å². The predicted molar refractivity (Wildman–Crippen MR) is 76.4 cm³/mol. The van der Waals surface area contributed by atoms with E-state index in [1.54, 1.807) is 0 Å². The normalized spacial score (nSPS) is 21.6. The zero-order valence-electron chi connectivity index (χ0n) is 11.9. The van der Waals surface area contributed by atoms with Gasteiger partial charge in [-0.1, -0.05) is 12.1 Å². The summed E-state index contributed by atoms with van der Waals surface area (Å²) in [5.74, 6) is -0.00352. The van der Waals surface area contributed by atoms with Crippen molar-refractivity contribution in [3.05, 3.63) is 29.3 Å². The number of likely N-dealkylation sites (N-methyl/N-ethyl adjacent to an activating group) is 1. The summed E-state index contributed by atoms with van der Waals surface area (Å²) < 4.78 is 0. The summed E-state index contributed by atoms with van der Waals surface area (Å²) in [6.07, 6.45) is 0.923. The van der Waals surface area contributed by atoms with Crippen LogP contribution < -0.4 is 4.90 Å². The Morgan fingerprint density at radius 1 is 1.32 bits per heavy atom. The van der Waals surface area contributed by atoms with Gasteiger partial charge in [-0.15, -0.1) is 0 Å². The second-order valence-corrected chi connectivity index (χ2v) is 5.24. The highest BCUT2D eigenvalue weighted by atomic mass is 16.3. The lowest BCUT2D eigenvalue weighted by molar-refractivity contribution is -0.123. The quantitative estimate of drug-likeness (QED) is 0.874. The molecule has 1 aromatic rings. The number of carbonyl (C=O) groups excluding carboxylic acids is 1. The maximum atomic E-state index is 12.6. The Balaban J connectivity index is 2.37. The average Bonchev–Trinajstić information content (AvgIpc) is 2.52. The van der Waals surface area contributed by atoms with Crippen LogP contribution in [0.15, 0.2) is 18.2 Å². The lowest BCUT2D eigenvalue weighted by Crippen LogP contribution is -2.46. The Bertz CT molecular complexity index is 473. The molecule has 0 bridgehead atoms. The minimum absolute atomic E-state index is 0.00352. The van der Waals surface area contributed by atoms with Crippen molar-refractivity contribution in [2.45, 2.75) is 26.3 Å². The summed E-state index contributed by atoms with van der Waals surface area (Å²) in [4.78, 5) is 16.3. The van der Waals surface area contributed by atoms with Gasteiger partial charge in [0.15, 0.2) is 0 Å². The van der Waals surface area contributed by atoms with Crippen LogP contribution in [0.5, 0.6) is 0 Å². The molecule has 1 atom stereocenters. The number of benzene rings is 1. The fourth-order valence-corrected chi connectivity index (χ4v) is 2.60. The first-order chi connectivity index (χ1) is 9.06. The number of aliphatic hydroxyl groups is 1. The zero-order valence-corrected chi connectivity index (χ0v) is 11.9. The number of nitrogens with zero attached hydrogens (tertiary/aromatic N) is 2. The minimum Gasteiger partial charge on any atom is -0.394 e. The molecule has 0 spiro atoms. The highest BCUT2D eigenvalue weighted by Gasteiger charge is 2.31. The van der Waals surface area contributed by atoms with Crippen molar-refractivity contribution in [2.75, 3.05) is 31.6 Å². The van der Waals surface area contributed by atoms with Crippen molar-refractivity contribution < 1.29 is 9.90 Å². The maximum Gasteiger partial charge on any atom is 0.246 e. The van der Waals surface area contributed by atoms with Crippen LogP contribution >= 0.6 is 0 Å². The standard InChI is InChI=1S/C15H22N2O2/c1-11-6-4-7-13(12(11)2)17-9-5-8-16(3)14(10-18)15(17)19/h4,6-7,14,18H,5,8-10H2,1-3H3. The van der Waals surface area contributed by atoms with E-state index in [4.69, 9.17) is 0 Å². The van der Waals surface area contributed by atoms with Crippen molar-refractivity contribution in [1.82, 2.24) is 4.90 Å². The Kier molecular flexibility index (Phi) is 4.22. The fourth-order valence-electron chi connectivity index (χ4n) is 2.60. The third kappa shape index (κ3) is 2.65. The van der Waals surface area contributed by atoms with E-state index in [1.165, 1.54) is 5.56 Å². The summed E-state index contributed by atoms with van der Waals surface area (Å²) in [6.45, 7) is 5.51. The average molecular weight is 262 g/mol. The largest absolute Gasteiger partial charge is 0.394 e. The molecule has 1 amide bonds. The van der Waals surface area contributed by atoms with E-state index in [-0.39, 0.29) is 12.5 Å². The molecule has 1 unspecified atom stereocenters. The van der Waals surface area contributed by atoms with E-state index < -0.39 is 6.04 Å². The fraction of sp³-hybridized carbons (Fsp3) is 0.533. The molecule has 1 N–H and O–H groups in total. The smallest absolute Gasteiger partial charge is 0.246 e. The molecule has 2 rings (SSSR count). The van der Waals surface area contributed by atoms with Gasteiger partial charge in [-0.05, 0) is 44.5 Å². The molecule has 0 aromatic heterocycles. The van der Waals surface area contributed by atoms with E-state index in [2.05, 4.69) is 13.0 Å². The van der Waals surface area contributed by atoms with Gasteiger partial charge in [0.2, 0.25) is 5.91 Å². The van der Waals surface area contributed by atoms with Gasteiger partial charge in [-0.3, -0.25) is 9.69 Å². The van der Waals surface area contributed by atoms with Crippen molar-refractivity contribution in [3.63, 3.8) is 0 Å². The molecule has 1 saturated heterocycles. The molecule has 104 valence electrons. The number of amides is 1. The third-order valence-corrected chi connectivity index (χ3v) is 4.02. The van der Waals surface area contributed by atoms with Crippen molar-refractivity contribution in [1.29, 1.82) is 0 Å². The SMILES string of the molecule is Cc1cccc(N2CCCN(C)C(CO)C2=O)c1C. The second-order valence-electron chi connectivity index (χ2n) is 5.24. The minimum atomic E-state index is -0.428. The van der Waals surface area contributed by atoms with E-state index in [0.29, 0.717) is 6.54 Å². The topological polar surface area (TPSA) is 43.8 Å². The number of hydrogen-bond donors (Lipinski definition) is 1. The molecule has 1 aliphatic heterocycles. The van der Waals surface area contributed by atoms with Gasteiger partial charge in [0.1, 0.15) is 6.04 Å². The first kappa shape index (κ1) is 14.0. The van der Waals surface area contributed by atoms with E-state index in [0.717, 1.165) is 24.2 Å². The summed E-state index contributed by atoms with van der Waals surface area (Å²) >= 11 is 0. The first-order valence-corrected chi connectivity index (χ1v) is 6.75. The number of anilines is 1. The molecule has 1 fully saturated rings. The van der Waals surface area contributed by atoms with E-state index >= 15 is 0 Å². The van der Waals surface area contributed by atoms with Crippen LogP contribution in [0.25, 0.3) is 0 Å². The first-order valence-electron chi connectivity index (χ1n) is 6.75. The van der Waals surface area contributed by atoms with Gasteiger partial charge < -0.3 is 10.0 Å². The second kappa shape index (κ2) is 5.72. The van der Waals surface area contributed by atoms with Gasteiger partial charge >= 0.3 is 0 Å². The molecule has 1 aliphatic rings. The number of rotatable bonds is 2. The molecule has 1 aromatic carbocycles. The Hall–Kier alpha value is -1.39. The molecule has 0 aliphatic carbocycles. The molecular weight excluding hydrogens is 240 g/mol. The number of hydrogen-bond acceptors (Lipinski definition) is 3. The van der Waals surface area contributed by atoms with Crippen LogP contribution in [-0.4, -0.2) is 48.7 Å². The molecule has 19 heavy (non-hydrogen) atoms. The van der Waals surface area contributed by atoms with Gasteiger partial charge in [-0.2, -0.15) is 0 Å². The summed E-state index contributed by atoms with van der Waals surface area (Å²) in [6, 6.07) is 5.59. The summed E-state index contributed by atoms with van der Waals surface area (Å²) in [5, 5.41) is 9.46. The summed E-state index contributed by atoms with van der Waals surface area (Å²) in [7, 11) is 1.89. The van der Waals surface area contributed by atoms with Crippen LogP contribution in [0.1, 0.15) is 17.5 Å². The number of aryl methyl sites for hydroxylation is 1. The molecule has 4 nitrogen and oxygen atoms in total. The lowest BCUT2D eigenvalue weighted by Gasteiger charge is -2.28. The zero-order chi connectivity index (χ0) is 14.0. The number of aliphatic hydroxyl groups excluding tert-OH is 1. The van der Waals surface area contributed by atoms with E-state index in [9.17, 15) is 9.90 Å². The Morgan fingerprint density at radius 2 is 2.05 bits per heavy atom. The molecule has 4 heteroatoms. The van der Waals surface area contributed by atoms with Crippen molar-refractivity contribution >= 4 is 11.6 Å². The van der Waals surface area contributed by atoms with Crippen molar-refractivity contribution in [2.24, 2.45) is 0 Å². The van der Waals surface area contributed by atoms with Crippen LogP contribution in [0.2, 0.25) is 0 Å². The lowest BCUT2D eigenvalue weighted by atomic mass is 10.1. The highest BCUT2D eigenvalue weighted by Crippen LogP contribution is 2.25. The van der Waals surface area contributed by atoms with Gasteiger partial charge in [0.25, 0.3) is 0 Å². The molecule has 0 saturated carbocycles.